The van der Waals surface area contributed by atoms with E-state index in [1.54, 1.807) is 86.9 Å². The molecular formula is C59H40Cl2N6O5. The maximum Gasteiger partial charge on any atom is 0.261 e. The van der Waals surface area contributed by atoms with Crippen LogP contribution < -0.4 is 19.3 Å². The van der Waals surface area contributed by atoms with Crippen molar-refractivity contribution in [2.24, 2.45) is 20.5 Å². The Balaban J connectivity index is 0.945. The molecule has 0 heterocycles. The van der Waals surface area contributed by atoms with E-state index in [0.29, 0.717) is 55.3 Å². The molecule has 0 N–H and O–H groups in total. The Hall–Kier alpha value is -8.77. The molecule has 0 radical (unpaired) electrons. The van der Waals surface area contributed by atoms with E-state index in [2.05, 4.69) is 10.2 Å². The Kier molecular flexibility index (Phi) is 11.7. The molecule has 2 amide bonds. The third kappa shape index (κ3) is 7.94. The first-order valence-corrected chi connectivity index (χ1v) is 23.6. The highest BCUT2D eigenvalue weighted by molar-refractivity contribution is 6.34. The number of hydrogen-bond acceptors (Lipinski definition) is 9. The van der Waals surface area contributed by atoms with Gasteiger partial charge < -0.3 is 19.3 Å². The topological polar surface area (TPSA) is 126 Å². The quantitative estimate of drug-likeness (QED) is 0.0996. The molecule has 10 aromatic carbocycles. The minimum atomic E-state index is -0.353. The summed E-state index contributed by atoms with van der Waals surface area (Å²) in [7, 11) is 6.31. The molecule has 0 aliphatic heterocycles. The number of nitrogens with zero attached hydrogens (tertiary/aromatic N) is 6. The van der Waals surface area contributed by atoms with Crippen LogP contribution in [-0.2, 0) is 0 Å². The van der Waals surface area contributed by atoms with Gasteiger partial charge in [0.1, 0.15) is 11.4 Å². The molecule has 0 saturated heterocycles. The second kappa shape index (κ2) is 18.5. The van der Waals surface area contributed by atoms with Gasteiger partial charge in [0.05, 0.1) is 58.1 Å². The minimum Gasteiger partial charge on any atom is -0.494 e. The summed E-state index contributed by atoms with van der Waals surface area (Å²) in [6, 6.07) is 52.4. The van der Waals surface area contributed by atoms with E-state index in [0.717, 1.165) is 54.2 Å². The molecule has 0 bridgehead atoms. The van der Waals surface area contributed by atoms with Crippen molar-refractivity contribution < 1.29 is 23.9 Å². The van der Waals surface area contributed by atoms with Gasteiger partial charge >= 0.3 is 0 Å². The largest absolute Gasteiger partial charge is 0.494 e. The molecule has 72 heavy (non-hydrogen) atoms. The summed E-state index contributed by atoms with van der Waals surface area (Å²) in [5, 5.41) is 26.6. The van der Waals surface area contributed by atoms with Gasteiger partial charge in [0.15, 0.2) is 17.3 Å². The monoisotopic (exact) mass is 982 g/mol. The molecule has 0 aromatic heterocycles. The van der Waals surface area contributed by atoms with Crippen molar-refractivity contribution in [3.05, 3.63) is 202 Å². The lowest BCUT2D eigenvalue weighted by molar-refractivity contribution is 0.0982. The number of ether oxygens (including phenoxy) is 2. The Morgan fingerprint density at radius 1 is 0.431 bits per heavy atom. The Bertz CT molecular complexity index is 3750. The van der Waals surface area contributed by atoms with Crippen molar-refractivity contribution in [1.29, 1.82) is 0 Å². The Morgan fingerprint density at radius 2 is 0.806 bits per heavy atom. The van der Waals surface area contributed by atoms with Crippen molar-refractivity contribution >= 4 is 118 Å². The summed E-state index contributed by atoms with van der Waals surface area (Å²) >= 11 is 13.1. The zero-order valence-electron chi connectivity index (χ0n) is 39.1. The fraction of sp³-hybridized carbons (Fsp3) is 0.0678. The molecule has 1 aliphatic rings. The fourth-order valence-corrected chi connectivity index (χ4v) is 9.98. The summed E-state index contributed by atoms with van der Waals surface area (Å²) in [5.41, 5.74) is 5.48. The lowest BCUT2D eigenvalue weighted by Crippen LogP contribution is -2.27. The second-order valence-corrected chi connectivity index (χ2v) is 18.1. The summed E-state index contributed by atoms with van der Waals surface area (Å²) in [4.78, 5) is 45.9. The summed E-state index contributed by atoms with van der Waals surface area (Å²) in [6.45, 7) is 0. The molecule has 0 saturated carbocycles. The first kappa shape index (κ1) is 45.7. The van der Waals surface area contributed by atoms with E-state index < -0.39 is 0 Å². The van der Waals surface area contributed by atoms with E-state index in [1.807, 2.05) is 97.1 Å². The van der Waals surface area contributed by atoms with Gasteiger partial charge in [-0.2, -0.15) is 10.2 Å². The number of carbonyl (C=O) groups is 3. The van der Waals surface area contributed by atoms with Gasteiger partial charge in [-0.05, 0) is 128 Å². The van der Waals surface area contributed by atoms with E-state index in [1.165, 1.54) is 24.0 Å². The molecule has 11 rings (SSSR count). The standard InChI is InChI=1S/C59H40Cl2N6O5/c1-66(51-19-11-9-17-49(51)60)58(69)47-29-37-25-33-13-5-7-15-35(33)27-43(37)53(56(47)71-3)64-62-39-21-23-41-42-24-22-40(32-46(42)55(68)45(41)31-39)63-65-54-44-28-36-16-8-6-14-34(36)26-38(44)30-48(57(54)72-4)59(70)67(2)52-20-12-10-18-50(52)61/h5-32H,1-4H3. The number of amides is 2. The maximum absolute atomic E-state index is 14.3. The molecule has 1 aliphatic carbocycles. The molecule has 0 spiro atoms. The van der Waals surface area contributed by atoms with Gasteiger partial charge in [-0.25, -0.2) is 0 Å². The maximum atomic E-state index is 14.3. The van der Waals surface area contributed by atoms with Gasteiger partial charge in [-0.3, -0.25) is 14.4 Å². The van der Waals surface area contributed by atoms with E-state index in [4.69, 9.17) is 42.9 Å². The average Bonchev–Trinajstić information content (AvgIpc) is 3.68. The number of carbonyl (C=O) groups excluding carboxylic acids is 3. The lowest BCUT2D eigenvalue weighted by atomic mass is 9.98. The highest BCUT2D eigenvalue weighted by Crippen LogP contribution is 2.46. The number of methoxy groups -OCH3 is 2. The molecular weight excluding hydrogens is 944 g/mol. The van der Waals surface area contributed by atoms with Crippen molar-refractivity contribution in [2.75, 3.05) is 38.1 Å². The number of rotatable bonds is 10. The number of benzene rings is 10. The van der Waals surface area contributed by atoms with E-state index >= 15 is 0 Å². The van der Waals surface area contributed by atoms with Crippen molar-refractivity contribution in [2.45, 2.75) is 0 Å². The van der Waals surface area contributed by atoms with Gasteiger partial charge in [0, 0.05) is 36.0 Å². The second-order valence-electron chi connectivity index (χ2n) is 17.3. The van der Waals surface area contributed by atoms with Crippen LogP contribution in [0.1, 0.15) is 36.6 Å². The number of ketones is 1. The van der Waals surface area contributed by atoms with Crippen LogP contribution in [0.4, 0.5) is 34.1 Å². The summed E-state index contributed by atoms with van der Waals surface area (Å²) in [5.74, 6) is -0.456. The molecule has 0 unspecified atom stereocenters. The summed E-state index contributed by atoms with van der Waals surface area (Å²) in [6.07, 6.45) is 0. The summed E-state index contributed by atoms with van der Waals surface area (Å²) < 4.78 is 12.0. The van der Waals surface area contributed by atoms with Crippen molar-refractivity contribution in [3.63, 3.8) is 0 Å². The minimum absolute atomic E-state index is 0.219. The van der Waals surface area contributed by atoms with E-state index in [9.17, 15) is 14.4 Å². The first-order valence-electron chi connectivity index (χ1n) is 22.8. The number of hydrogen-bond donors (Lipinski definition) is 0. The fourth-order valence-electron chi connectivity index (χ4n) is 9.46. The van der Waals surface area contributed by atoms with Gasteiger partial charge in [-0.1, -0.05) is 108 Å². The van der Waals surface area contributed by atoms with Crippen LogP contribution >= 0.6 is 23.2 Å². The number of fused-ring (bicyclic) bond motifs is 7. The number of azo groups is 2. The van der Waals surface area contributed by atoms with Gasteiger partial charge in [0.2, 0.25) is 0 Å². The molecule has 0 fully saturated rings. The van der Waals surface area contributed by atoms with Gasteiger partial charge in [0.25, 0.3) is 11.8 Å². The molecule has 10 aromatic rings. The zero-order valence-corrected chi connectivity index (χ0v) is 40.7. The van der Waals surface area contributed by atoms with Crippen LogP contribution in [0.3, 0.4) is 0 Å². The van der Waals surface area contributed by atoms with Gasteiger partial charge in [-0.15, -0.1) is 10.2 Å². The van der Waals surface area contributed by atoms with Crippen molar-refractivity contribution in [3.8, 4) is 22.6 Å². The SMILES string of the molecule is COc1c(C(=O)N(C)c2ccccc2Cl)cc2cc3ccccc3cc2c1N=Nc1ccc2c(c1)C(=O)c1cc(N=Nc3c(OC)c(C(=O)N(C)c4ccccc4Cl)cc4cc5ccccc5cc34)ccc1-2. The Labute approximate surface area is 423 Å². The molecule has 0 atom stereocenters. The lowest BCUT2D eigenvalue weighted by Gasteiger charge is -2.21. The number of anilines is 2. The Morgan fingerprint density at radius 3 is 1.19 bits per heavy atom. The van der Waals surface area contributed by atoms with Crippen LogP contribution in [0.5, 0.6) is 11.5 Å². The smallest absolute Gasteiger partial charge is 0.261 e. The number of halogens is 2. The normalized spacial score (nSPS) is 12.1. The predicted molar refractivity (Wildman–Crippen MR) is 288 cm³/mol. The number of para-hydroxylation sites is 2. The third-order valence-corrected chi connectivity index (χ3v) is 13.7. The van der Waals surface area contributed by atoms with Crippen LogP contribution in [0, 0.1) is 0 Å². The third-order valence-electron chi connectivity index (χ3n) is 13.1. The molecule has 350 valence electrons. The van der Waals surface area contributed by atoms with E-state index in [-0.39, 0.29) is 40.2 Å². The molecule has 11 nitrogen and oxygen atoms in total. The first-order chi connectivity index (χ1) is 35.0. The predicted octanol–water partition coefficient (Wildman–Crippen LogP) is 16.2. The highest BCUT2D eigenvalue weighted by atomic mass is 35.5. The zero-order chi connectivity index (χ0) is 49.8. The highest BCUT2D eigenvalue weighted by Gasteiger charge is 2.29. The average molecular weight is 984 g/mol. The van der Waals surface area contributed by atoms with Crippen LogP contribution in [0.15, 0.2) is 190 Å². The van der Waals surface area contributed by atoms with Crippen LogP contribution in [0.2, 0.25) is 10.0 Å². The van der Waals surface area contributed by atoms with Crippen molar-refractivity contribution in [1.82, 2.24) is 0 Å². The molecule has 13 heteroatoms. The van der Waals surface area contributed by atoms with Crippen LogP contribution in [0.25, 0.3) is 54.2 Å². The van der Waals surface area contributed by atoms with Crippen LogP contribution in [-0.4, -0.2) is 45.9 Å².